The summed E-state index contributed by atoms with van der Waals surface area (Å²) in [6, 6.07) is 51.2. The first kappa shape index (κ1) is 63.5. The quantitative estimate of drug-likeness (QED) is 0.105. The van der Waals surface area contributed by atoms with Crippen molar-refractivity contribution in [3.63, 3.8) is 0 Å². The number of nitrogens with zero attached hydrogens (tertiary/aromatic N) is 1. The second kappa shape index (κ2) is 33.9. The molecule has 0 heterocycles. The Balaban J connectivity index is 0.000000911. The summed E-state index contributed by atoms with van der Waals surface area (Å²) < 4.78 is 6.49. The summed E-state index contributed by atoms with van der Waals surface area (Å²) in [7, 11) is -1.94. The number of hydrogen-bond acceptors (Lipinski definition) is 4. The van der Waals surface area contributed by atoms with E-state index in [-0.39, 0.29) is 12.0 Å². The van der Waals surface area contributed by atoms with Crippen LogP contribution in [0.5, 0.6) is 0 Å². The third-order valence-corrected chi connectivity index (χ3v) is 11.0. The molecule has 7 aromatic carbocycles. The van der Waals surface area contributed by atoms with Gasteiger partial charge in [-0.15, -0.1) is 13.2 Å². The van der Waals surface area contributed by atoms with Gasteiger partial charge in [0.1, 0.15) is 5.60 Å². The molecular formula is C64H84N2O3Si. The van der Waals surface area contributed by atoms with E-state index in [0.717, 1.165) is 66.1 Å². The van der Waals surface area contributed by atoms with Crippen molar-refractivity contribution in [2.24, 2.45) is 5.73 Å². The first-order valence-electron chi connectivity index (χ1n) is 25.2. The van der Waals surface area contributed by atoms with Crippen molar-refractivity contribution in [2.45, 2.75) is 114 Å². The number of benzene rings is 6. The molecule has 2 aliphatic carbocycles. The molecule has 0 fully saturated rings. The van der Waals surface area contributed by atoms with E-state index >= 15 is 0 Å². The Bertz CT molecular complexity index is 2580. The highest BCUT2D eigenvalue weighted by molar-refractivity contribution is 6.69. The van der Waals surface area contributed by atoms with E-state index in [4.69, 9.17) is 16.7 Å². The lowest BCUT2D eigenvalue weighted by Gasteiger charge is -2.30. The van der Waals surface area contributed by atoms with Crippen molar-refractivity contribution < 1.29 is 9.53 Å². The summed E-state index contributed by atoms with van der Waals surface area (Å²) in [5.41, 5.74) is 11.5. The van der Waals surface area contributed by atoms with Crippen LogP contribution in [0.15, 0.2) is 176 Å². The molecule has 0 spiro atoms. The number of fused-ring (bicyclic) bond motifs is 6. The van der Waals surface area contributed by atoms with Gasteiger partial charge in [-0.3, -0.25) is 9.64 Å². The van der Waals surface area contributed by atoms with Crippen molar-refractivity contribution in [3.05, 3.63) is 237 Å². The fourth-order valence-corrected chi connectivity index (χ4v) is 8.68. The van der Waals surface area contributed by atoms with E-state index in [1.165, 1.54) is 0 Å². The summed E-state index contributed by atoms with van der Waals surface area (Å²) in [6.45, 7) is 44.5. The Hall–Kier alpha value is -6.46. The van der Waals surface area contributed by atoms with E-state index < -0.39 is 19.6 Å². The highest BCUT2D eigenvalue weighted by atomic mass is 28.4. The van der Waals surface area contributed by atoms with Crippen molar-refractivity contribution in [2.75, 3.05) is 6.54 Å². The second-order valence-corrected chi connectivity index (χ2v) is 19.3. The highest BCUT2D eigenvalue weighted by Gasteiger charge is 2.49. The van der Waals surface area contributed by atoms with Gasteiger partial charge in [0.2, 0.25) is 0 Å². The molecule has 0 aliphatic heterocycles. The lowest BCUT2D eigenvalue weighted by molar-refractivity contribution is 0.0900. The van der Waals surface area contributed by atoms with Crippen LogP contribution >= 0.6 is 0 Å². The molecule has 3 N–H and O–H groups in total. The van der Waals surface area contributed by atoms with E-state index in [0.29, 0.717) is 0 Å². The van der Waals surface area contributed by atoms with E-state index in [1.807, 2.05) is 253 Å². The van der Waals surface area contributed by atoms with Gasteiger partial charge in [0.25, 0.3) is 0 Å². The van der Waals surface area contributed by atoms with Crippen LogP contribution in [-0.4, -0.2) is 20.0 Å². The first-order chi connectivity index (χ1) is 34.1. The number of nitrogens with two attached hydrogens (primary N) is 1. The Kier molecular flexibility index (Phi) is 30.8. The number of rotatable bonds is 3. The predicted molar refractivity (Wildman–Crippen MR) is 315 cm³/mol. The van der Waals surface area contributed by atoms with Crippen LogP contribution < -0.4 is 11.2 Å². The zero-order valence-corrected chi connectivity index (χ0v) is 46.2. The van der Waals surface area contributed by atoms with Crippen LogP contribution in [0.2, 0.25) is 19.6 Å². The van der Waals surface area contributed by atoms with E-state index in [1.54, 1.807) is 0 Å². The first-order valence-corrected chi connectivity index (χ1v) is 28.6. The largest absolute Gasteiger partial charge is 0.383 e. The second-order valence-electron chi connectivity index (χ2n) is 14.9. The van der Waals surface area contributed by atoms with Gasteiger partial charge in [-0.25, -0.2) is 6.57 Å². The summed E-state index contributed by atoms with van der Waals surface area (Å²) in [6.07, 6.45) is 8.22. The molecule has 0 atom stereocenters. The topological polar surface area (TPSA) is 76.9 Å². The summed E-state index contributed by atoms with van der Waals surface area (Å²) in [4.78, 5) is 16.3. The molecule has 6 heteroatoms. The Labute approximate surface area is 425 Å². The maximum Gasteiger partial charge on any atom is 0.383 e. The Morgan fingerprint density at radius 2 is 0.757 bits per heavy atom. The molecule has 2 aliphatic rings. The summed E-state index contributed by atoms with van der Waals surface area (Å²) in [5.74, 6) is 0. The monoisotopic (exact) mass is 957 g/mol. The van der Waals surface area contributed by atoms with Crippen molar-refractivity contribution >= 4 is 54.2 Å². The van der Waals surface area contributed by atoms with Crippen molar-refractivity contribution in [3.8, 4) is 0 Å². The molecule has 70 heavy (non-hydrogen) atoms. The van der Waals surface area contributed by atoms with Gasteiger partial charge in [-0.1, -0.05) is 253 Å². The van der Waals surface area contributed by atoms with Crippen LogP contribution in [0, 0.1) is 6.57 Å². The smallest absolute Gasteiger partial charge is 0.379 e. The van der Waals surface area contributed by atoms with Gasteiger partial charge >= 0.3 is 5.72 Å². The number of hydrogen-bond donors (Lipinski definition) is 2. The highest BCUT2D eigenvalue weighted by Crippen LogP contribution is 2.44. The summed E-state index contributed by atoms with van der Waals surface area (Å²) >= 11 is 0. The SMILES string of the molecule is C=C.CC.CC.CC.CC.CC.CC.NCC1(O)c2ccccc2C=Cc2ccccc21.O=c1c2ccccc2ccc2ccccc12.[C-]#[N+]C1(O[Si](C)(C)C)c2ccccc2C=Cc2ccccc21. The molecule has 7 aromatic rings. The minimum Gasteiger partial charge on any atom is -0.379 e. The van der Waals surface area contributed by atoms with E-state index in [9.17, 15) is 9.90 Å². The van der Waals surface area contributed by atoms with E-state index in [2.05, 4.69) is 49.8 Å². The molecule has 0 saturated heterocycles. The molecule has 9 rings (SSSR count). The van der Waals surface area contributed by atoms with Gasteiger partial charge in [0, 0.05) is 17.3 Å². The maximum absolute atomic E-state index is 12.3. The summed E-state index contributed by atoms with van der Waals surface area (Å²) in [5, 5.41) is 14.5. The van der Waals surface area contributed by atoms with Gasteiger partial charge in [-0.05, 0) is 75.9 Å². The molecule has 0 unspecified atom stereocenters. The maximum atomic E-state index is 12.3. The molecule has 0 amide bonds. The van der Waals surface area contributed by atoms with Gasteiger partial charge in [-0.2, -0.15) is 0 Å². The van der Waals surface area contributed by atoms with Crippen LogP contribution in [0.4, 0.5) is 0 Å². The molecule has 0 radical (unpaired) electrons. The molecular weight excluding hydrogens is 873 g/mol. The minimum atomic E-state index is -1.94. The standard InChI is InChI=1S/C19H19NOSi.C16H15NO.C15H10O.6C2H6.C2H4/c1-20-19(21-22(2,3)4)17-11-7-5-9-15(17)13-14-16-10-6-8-12-18(16)19;17-11-16(18)14-7-3-1-5-12(14)9-10-13-6-2-4-8-15(13)16;16-15-13-7-3-1-5-11(13)9-10-12-6-2-4-8-14(12)15;7*1-2/h5-14H,2-4H3;1-10,18H,11,17H2;1-10H;6*1-2H3;1-2H2. The minimum absolute atomic E-state index is 0.108. The molecule has 0 aromatic heterocycles. The fourth-order valence-electron chi connectivity index (χ4n) is 7.53. The van der Waals surface area contributed by atoms with Crippen LogP contribution in [0.25, 0.3) is 50.7 Å². The zero-order valence-electron chi connectivity index (χ0n) is 45.2. The van der Waals surface area contributed by atoms with Crippen LogP contribution in [0.3, 0.4) is 0 Å². The molecule has 372 valence electrons. The average Bonchev–Trinajstić information content (AvgIpc) is 3.74. The van der Waals surface area contributed by atoms with Gasteiger partial charge in [0.05, 0.1) is 11.1 Å². The molecule has 5 nitrogen and oxygen atoms in total. The Morgan fingerprint density at radius 3 is 1.06 bits per heavy atom. The number of aliphatic hydroxyl groups is 1. The van der Waals surface area contributed by atoms with Crippen LogP contribution in [-0.2, 0) is 15.8 Å². The van der Waals surface area contributed by atoms with Crippen molar-refractivity contribution in [1.29, 1.82) is 0 Å². The third-order valence-electron chi connectivity index (χ3n) is 10.1. The van der Waals surface area contributed by atoms with Gasteiger partial charge in [0.15, 0.2) is 13.7 Å². The lowest BCUT2D eigenvalue weighted by atomic mass is 9.83. The van der Waals surface area contributed by atoms with Crippen LogP contribution in [0.1, 0.15) is 128 Å². The fraction of sp³-hybridized carbons (Fsp3) is 0.281. The lowest BCUT2D eigenvalue weighted by Crippen LogP contribution is -2.40. The predicted octanol–water partition coefficient (Wildman–Crippen LogP) is 17.8. The normalized spacial score (nSPS) is 11.9. The Morgan fingerprint density at radius 1 is 0.486 bits per heavy atom. The molecule has 0 saturated carbocycles. The van der Waals surface area contributed by atoms with Crippen molar-refractivity contribution in [1.82, 2.24) is 0 Å². The third kappa shape index (κ3) is 16.0. The average molecular weight is 957 g/mol. The van der Waals surface area contributed by atoms with Gasteiger partial charge < -0.3 is 15.3 Å². The zero-order chi connectivity index (χ0) is 53.3. The molecule has 0 bridgehead atoms.